The molecule has 0 saturated carbocycles. The van der Waals surface area contributed by atoms with Crippen LogP contribution in [0, 0.1) is 0 Å². The van der Waals surface area contributed by atoms with Gasteiger partial charge in [0, 0.05) is 55.0 Å². The van der Waals surface area contributed by atoms with Crippen molar-refractivity contribution in [1.29, 1.82) is 0 Å². The largest absolute Gasteiger partial charge is 0.309 e. The first-order valence-electron chi connectivity index (χ1n) is 21.2. The van der Waals surface area contributed by atoms with E-state index in [4.69, 9.17) is 19.9 Å². The molecule has 0 fully saturated rings. The molecule has 9 aromatic carbocycles. The number of rotatable bonds is 7. The maximum absolute atomic E-state index is 5.37. The van der Waals surface area contributed by atoms with Gasteiger partial charge in [-0.2, -0.15) is 0 Å². The van der Waals surface area contributed by atoms with Gasteiger partial charge in [0.15, 0.2) is 17.5 Å². The van der Waals surface area contributed by atoms with Crippen LogP contribution in [0.15, 0.2) is 224 Å². The van der Waals surface area contributed by atoms with Crippen LogP contribution in [0.3, 0.4) is 0 Å². The molecule has 0 aliphatic heterocycles. The highest BCUT2D eigenvalue weighted by Gasteiger charge is 2.22. The van der Waals surface area contributed by atoms with Gasteiger partial charge in [0.2, 0.25) is 0 Å². The van der Waals surface area contributed by atoms with E-state index in [1.165, 1.54) is 16.2 Å². The third kappa shape index (κ3) is 6.34. The number of aromatic nitrogens is 5. The van der Waals surface area contributed by atoms with E-state index in [0.29, 0.717) is 17.5 Å². The molecule has 0 aliphatic rings. The van der Waals surface area contributed by atoms with Crippen LogP contribution in [0.5, 0.6) is 0 Å². The molecule has 0 saturated heterocycles. The Kier molecular flexibility index (Phi) is 8.75. The van der Waals surface area contributed by atoms with Crippen LogP contribution in [0.2, 0.25) is 0 Å². The summed E-state index contributed by atoms with van der Waals surface area (Å²) < 4.78 is 2.43. The Labute approximate surface area is 364 Å². The summed E-state index contributed by atoms with van der Waals surface area (Å²) in [5, 5.41) is 5.89. The molecule has 0 N–H and O–H groups in total. The zero-order valence-corrected chi connectivity index (χ0v) is 34.1. The highest BCUT2D eigenvalue weighted by molar-refractivity contribution is 6.29. The molecule has 5 heteroatoms. The number of hydrogen-bond acceptors (Lipinski definition) is 4. The molecule has 3 aromatic heterocycles. The Balaban J connectivity index is 1.01. The third-order valence-electron chi connectivity index (χ3n) is 12.0. The zero-order chi connectivity index (χ0) is 41.7. The average Bonchev–Trinajstić information content (AvgIpc) is 3.72. The van der Waals surface area contributed by atoms with Crippen LogP contribution < -0.4 is 0 Å². The number of pyridine rings is 1. The molecule has 0 amide bonds. The molecule has 0 radical (unpaired) electrons. The smallest absolute Gasteiger partial charge is 0.164 e. The lowest BCUT2D eigenvalue weighted by Gasteiger charge is -2.13. The van der Waals surface area contributed by atoms with E-state index in [0.717, 1.165) is 83.2 Å². The minimum Gasteiger partial charge on any atom is -0.309 e. The van der Waals surface area contributed by atoms with E-state index in [1.54, 1.807) is 0 Å². The van der Waals surface area contributed by atoms with Crippen molar-refractivity contribution in [2.45, 2.75) is 0 Å². The first-order chi connectivity index (χ1) is 31.2. The fraction of sp³-hybridized carbons (Fsp3) is 0. The summed E-state index contributed by atoms with van der Waals surface area (Å²) >= 11 is 0. The van der Waals surface area contributed by atoms with Gasteiger partial charge < -0.3 is 4.57 Å². The number of fused-ring (bicyclic) bond motifs is 7. The molecule has 0 unspecified atom stereocenters. The van der Waals surface area contributed by atoms with Crippen molar-refractivity contribution in [3.05, 3.63) is 224 Å². The quantitative estimate of drug-likeness (QED) is 0.151. The van der Waals surface area contributed by atoms with Gasteiger partial charge in [-0.15, -0.1) is 0 Å². The molecular formula is C58H37N5. The van der Waals surface area contributed by atoms with Crippen molar-refractivity contribution < 1.29 is 0 Å². The van der Waals surface area contributed by atoms with Crippen LogP contribution >= 0.6 is 0 Å². The fourth-order valence-electron chi connectivity index (χ4n) is 9.10. The zero-order valence-electron chi connectivity index (χ0n) is 34.1. The van der Waals surface area contributed by atoms with E-state index < -0.39 is 0 Å². The second kappa shape index (κ2) is 15.2. The van der Waals surface area contributed by atoms with Crippen molar-refractivity contribution in [1.82, 2.24) is 24.5 Å². The highest BCUT2D eigenvalue weighted by atomic mass is 15.0. The molecule has 0 spiro atoms. The second-order valence-electron chi connectivity index (χ2n) is 15.8. The van der Waals surface area contributed by atoms with Crippen molar-refractivity contribution in [2.24, 2.45) is 0 Å². The second-order valence-corrected chi connectivity index (χ2v) is 15.8. The minimum absolute atomic E-state index is 0.632. The van der Waals surface area contributed by atoms with Gasteiger partial charge >= 0.3 is 0 Å². The normalized spacial score (nSPS) is 11.5. The summed E-state index contributed by atoms with van der Waals surface area (Å²) in [6.45, 7) is 0. The van der Waals surface area contributed by atoms with Gasteiger partial charge in [0.1, 0.15) is 0 Å². The molecule has 0 bridgehead atoms. The van der Waals surface area contributed by atoms with Gasteiger partial charge in [0.05, 0.1) is 22.2 Å². The monoisotopic (exact) mass is 803 g/mol. The lowest BCUT2D eigenvalue weighted by atomic mass is 9.94. The van der Waals surface area contributed by atoms with Gasteiger partial charge in [-0.05, 0) is 52.4 Å². The standard InChI is InChI=1S/C58H37N5/c1-5-17-40(18-6-1)54-53-48(47-27-13-14-30-50(47)59-54)35-36-51-52(53)49-29-16-28-46(55(49)63(51)45-25-11-4-12-26-45)39-33-31-38(32-34-39)43-23-15-24-44(37-43)58-61-56(41-19-7-2-8-20-41)60-57(62-58)42-21-9-3-10-22-42/h1-37H. The SMILES string of the molecule is c1ccc(-c2nc(-c3ccccc3)nc(-c3cccc(-c4ccc(-c5cccc6c7c8c(-c9ccccc9)nc9ccccc9c8ccc7n(-c7ccccc7)c56)cc4)c3)n2)cc1. The lowest BCUT2D eigenvalue weighted by Crippen LogP contribution is -2.00. The minimum atomic E-state index is 0.632. The predicted molar refractivity (Wildman–Crippen MR) is 260 cm³/mol. The first-order valence-corrected chi connectivity index (χ1v) is 21.2. The van der Waals surface area contributed by atoms with E-state index in [1.807, 2.05) is 60.7 Å². The summed E-state index contributed by atoms with van der Waals surface area (Å²) in [5.41, 5.74) is 13.8. The summed E-state index contributed by atoms with van der Waals surface area (Å²) in [4.78, 5) is 20.3. The topological polar surface area (TPSA) is 56.5 Å². The van der Waals surface area contributed by atoms with Crippen molar-refractivity contribution in [3.8, 4) is 73.4 Å². The summed E-state index contributed by atoms with van der Waals surface area (Å²) in [5.74, 6) is 1.92. The summed E-state index contributed by atoms with van der Waals surface area (Å²) in [7, 11) is 0. The van der Waals surface area contributed by atoms with Crippen LogP contribution in [0.1, 0.15) is 0 Å². The molecular weight excluding hydrogens is 767 g/mol. The van der Waals surface area contributed by atoms with Gasteiger partial charge in [-0.1, -0.05) is 194 Å². The number of para-hydroxylation sites is 3. The van der Waals surface area contributed by atoms with Gasteiger partial charge in [-0.25, -0.2) is 19.9 Å². The predicted octanol–water partition coefficient (Wildman–Crippen LogP) is 14.7. The average molecular weight is 804 g/mol. The molecule has 12 rings (SSSR count). The van der Waals surface area contributed by atoms with Crippen molar-refractivity contribution >= 4 is 43.5 Å². The third-order valence-corrected chi connectivity index (χ3v) is 12.0. The molecule has 0 aliphatic carbocycles. The Morgan fingerprint density at radius 2 is 0.825 bits per heavy atom. The van der Waals surface area contributed by atoms with Crippen LogP contribution in [-0.2, 0) is 0 Å². The number of hydrogen-bond donors (Lipinski definition) is 0. The number of benzene rings is 9. The van der Waals surface area contributed by atoms with E-state index in [-0.39, 0.29) is 0 Å². The highest BCUT2D eigenvalue weighted by Crippen LogP contribution is 2.45. The van der Waals surface area contributed by atoms with Crippen molar-refractivity contribution in [3.63, 3.8) is 0 Å². The maximum atomic E-state index is 5.37. The summed E-state index contributed by atoms with van der Waals surface area (Å²) in [6, 6.07) is 78.7. The Bertz CT molecular complexity index is 3580. The first kappa shape index (κ1) is 36.3. The van der Waals surface area contributed by atoms with Crippen LogP contribution in [-0.4, -0.2) is 24.5 Å². The molecule has 12 aromatic rings. The maximum Gasteiger partial charge on any atom is 0.164 e. The van der Waals surface area contributed by atoms with Crippen molar-refractivity contribution in [2.75, 3.05) is 0 Å². The Morgan fingerprint density at radius 1 is 0.302 bits per heavy atom. The summed E-state index contributed by atoms with van der Waals surface area (Å²) in [6.07, 6.45) is 0. The van der Waals surface area contributed by atoms with Crippen LogP contribution in [0.4, 0.5) is 0 Å². The van der Waals surface area contributed by atoms with E-state index in [9.17, 15) is 0 Å². The fourth-order valence-corrected chi connectivity index (χ4v) is 9.10. The van der Waals surface area contributed by atoms with E-state index >= 15 is 0 Å². The molecule has 63 heavy (non-hydrogen) atoms. The number of nitrogens with zero attached hydrogens (tertiary/aromatic N) is 5. The van der Waals surface area contributed by atoms with E-state index in [2.05, 4.69) is 168 Å². The van der Waals surface area contributed by atoms with Crippen LogP contribution in [0.25, 0.3) is 117 Å². The Morgan fingerprint density at radius 3 is 1.51 bits per heavy atom. The molecule has 5 nitrogen and oxygen atoms in total. The molecule has 3 heterocycles. The molecule has 294 valence electrons. The Hall–Kier alpha value is -8.54. The van der Waals surface area contributed by atoms with Gasteiger partial charge in [0.25, 0.3) is 0 Å². The van der Waals surface area contributed by atoms with Gasteiger partial charge in [-0.3, -0.25) is 0 Å². The molecule has 0 atom stereocenters. The lowest BCUT2D eigenvalue weighted by molar-refractivity contribution is 1.07.